The molecular weight excluding hydrogens is 242 g/mol. The molecule has 0 aromatic carbocycles. The lowest BCUT2D eigenvalue weighted by Gasteiger charge is -2.27. The van der Waals surface area contributed by atoms with Crippen molar-refractivity contribution in [3.05, 3.63) is 16.3 Å². The lowest BCUT2D eigenvalue weighted by atomic mass is 10.4. The van der Waals surface area contributed by atoms with Crippen molar-refractivity contribution in [3.8, 4) is 0 Å². The maximum absolute atomic E-state index is 10.9. The molecule has 2 heterocycles. The third-order valence-electron chi connectivity index (χ3n) is 2.37. The second-order valence-electron chi connectivity index (χ2n) is 3.54. The van der Waals surface area contributed by atoms with E-state index in [1.54, 1.807) is 5.01 Å². The van der Waals surface area contributed by atoms with E-state index < -0.39 is 4.92 Å². The predicted octanol–water partition coefficient (Wildman–Crippen LogP) is -0.671. The number of nitrogens with two attached hydrogens (primary N) is 1. The first-order chi connectivity index (χ1) is 8.70. The molecule has 1 aromatic rings. The number of aromatic nitrogens is 2. The number of hydrogen-bond acceptors (Lipinski definition) is 9. The van der Waals surface area contributed by atoms with Gasteiger partial charge >= 0.3 is 5.69 Å². The molecule has 2 rings (SSSR count). The van der Waals surface area contributed by atoms with Gasteiger partial charge in [-0.1, -0.05) is 0 Å². The van der Waals surface area contributed by atoms with Crippen LogP contribution < -0.4 is 16.7 Å². The number of nitrogen functional groups attached to an aromatic ring is 1. The summed E-state index contributed by atoms with van der Waals surface area (Å²) in [7, 11) is 0. The Morgan fingerprint density at radius 3 is 2.83 bits per heavy atom. The summed E-state index contributed by atoms with van der Waals surface area (Å²) >= 11 is 0. The molecule has 1 aromatic heterocycles. The summed E-state index contributed by atoms with van der Waals surface area (Å²) < 4.78 is 5.18. The molecule has 98 valence electrons. The minimum atomic E-state index is -0.553. The molecule has 0 unspecified atom stereocenters. The third-order valence-corrected chi connectivity index (χ3v) is 2.37. The van der Waals surface area contributed by atoms with E-state index in [2.05, 4.69) is 20.8 Å². The van der Waals surface area contributed by atoms with E-state index in [1.165, 1.54) is 0 Å². The van der Waals surface area contributed by atoms with Crippen LogP contribution in [0.25, 0.3) is 0 Å². The highest BCUT2D eigenvalue weighted by molar-refractivity contribution is 5.56. The Balaban J connectivity index is 2.19. The summed E-state index contributed by atoms with van der Waals surface area (Å²) in [4.78, 5) is 17.9. The number of ether oxygens (including phenoxy) is 1. The van der Waals surface area contributed by atoms with Crippen molar-refractivity contribution >= 4 is 17.5 Å². The molecule has 0 spiro atoms. The van der Waals surface area contributed by atoms with Crippen molar-refractivity contribution in [3.63, 3.8) is 0 Å². The van der Waals surface area contributed by atoms with E-state index in [4.69, 9.17) is 10.6 Å². The molecule has 1 saturated heterocycles. The highest BCUT2D eigenvalue weighted by atomic mass is 16.6. The van der Waals surface area contributed by atoms with Crippen LogP contribution in [-0.4, -0.2) is 46.2 Å². The number of anilines is 2. The van der Waals surface area contributed by atoms with Crippen molar-refractivity contribution in [2.24, 2.45) is 5.84 Å². The average Bonchev–Trinajstić information content (AvgIpc) is 2.39. The second-order valence-corrected chi connectivity index (χ2v) is 3.54. The molecule has 1 aliphatic heterocycles. The van der Waals surface area contributed by atoms with Gasteiger partial charge in [0.25, 0.3) is 0 Å². The van der Waals surface area contributed by atoms with E-state index in [9.17, 15) is 10.1 Å². The van der Waals surface area contributed by atoms with Crippen LogP contribution in [0.15, 0.2) is 6.20 Å². The van der Waals surface area contributed by atoms with Gasteiger partial charge in [-0.05, 0) is 0 Å². The van der Waals surface area contributed by atoms with Gasteiger partial charge in [-0.3, -0.25) is 21.0 Å². The van der Waals surface area contributed by atoms with Crippen LogP contribution in [-0.2, 0) is 4.74 Å². The molecule has 10 nitrogen and oxygen atoms in total. The fourth-order valence-corrected chi connectivity index (χ4v) is 1.49. The summed E-state index contributed by atoms with van der Waals surface area (Å²) in [5.41, 5.74) is 4.91. The minimum Gasteiger partial charge on any atom is -0.379 e. The lowest BCUT2D eigenvalue weighted by molar-refractivity contribution is -0.384. The molecule has 0 radical (unpaired) electrons. The van der Waals surface area contributed by atoms with Gasteiger partial charge in [-0.15, -0.1) is 0 Å². The number of nitrogens with zero attached hydrogens (tertiary/aromatic N) is 4. The SMILES string of the molecule is NNc1ncc([N+](=O)[O-])c(NN2CCOCC2)n1. The highest BCUT2D eigenvalue weighted by Crippen LogP contribution is 2.22. The molecule has 0 atom stereocenters. The third kappa shape index (κ3) is 2.80. The molecule has 1 aliphatic rings. The first kappa shape index (κ1) is 12.4. The zero-order chi connectivity index (χ0) is 13.0. The van der Waals surface area contributed by atoms with Crippen molar-refractivity contribution < 1.29 is 9.66 Å². The summed E-state index contributed by atoms with van der Waals surface area (Å²) in [6.45, 7) is 2.36. The fourth-order valence-electron chi connectivity index (χ4n) is 1.49. The minimum absolute atomic E-state index is 0.102. The van der Waals surface area contributed by atoms with Crippen molar-refractivity contribution in [2.45, 2.75) is 0 Å². The zero-order valence-electron chi connectivity index (χ0n) is 9.50. The molecule has 18 heavy (non-hydrogen) atoms. The number of nitrogens with one attached hydrogen (secondary N) is 2. The Hall–Kier alpha value is -2.04. The molecule has 1 fully saturated rings. The van der Waals surface area contributed by atoms with Crippen LogP contribution in [0.2, 0.25) is 0 Å². The average molecular weight is 255 g/mol. The topological polar surface area (TPSA) is 131 Å². The smallest absolute Gasteiger partial charge is 0.330 e. The largest absolute Gasteiger partial charge is 0.379 e. The quantitative estimate of drug-likeness (QED) is 0.364. The fraction of sp³-hybridized carbons (Fsp3) is 0.500. The van der Waals surface area contributed by atoms with E-state index in [0.717, 1.165) is 6.20 Å². The van der Waals surface area contributed by atoms with Gasteiger partial charge in [0.15, 0.2) is 0 Å². The maximum atomic E-state index is 10.9. The van der Waals surface area contributed by atoms with Crippen LogP contribution in [0, 0.1) is 10.1 Å². The zero-order valence-corrected chi connectivity index (χ0v) is 9.50. The second kappa shape index (κ2) is 5.53. The van der Waals surface area contributed by atoms with Gasteiger partial charge in [-0.2, -0.15) is 4.98 Å². The number of hydrazine groups is 2. The van der Waals surface area contributed by atoms with Crippen LogP contribution in [0.3, 0.4) is 0 Å². The summed E-state index contributed by atoms with van der Waals surface area (Å²) in [6.07, 6.45) is 1.10. The Morgan fingerprint density at radius 2 is 2.22 bits per heavy atom. The standard InChI is InChI=1S/C8H13N7O3/c9-12-8-10-5-6(15(16)17)7(11-8)13-14-1-3-18-4-2-14/h5H,1-4,9H2,(H2,10,11,12,13). The van der Waals surface area contributed by atoms with E-state index in [1.807, 2.05) is 0 Å². The van der Waals surface area contributed by atoms with E-state index in [-0.39, 0.29) is 17.5 Å². The van der Waals surface area contributed by atoms with E-state index >= 15 is 0 Å². The van der Waals surface area contributed by atoms with Crippen molar-refractivity contribution in [2.75, 3.05) is 37.2 Å². The van der Waals surface area contributed by atoms with Gasteiger partial charge in [0.1, 0.15) is 6.20 Å². The van der Waals surface area contributed by atoms with Gasteiger partial charge < -0.3 is 4.74 Å². The van der Waals surface area contributed by atoms with Gasteiger partial charge in [0, 0.05) is 13.1 Å². The van der Waals surface area contributed by atoms with Gasteiger partial charge in [0.05, 0.1) is 18.1 Å². The molecule has 0 saturated carbocycles. The van der Waals surface area contributed by atoms with Crippen molar-refractivity contribution in [1.82, 2.24) is 15.0 Å². The summed E-state index contributed by atoms with van der Waals surface area (Å²) in [5, 5.41) is 12.6. The summed E-state index contributed by atoms with van der Waals surface area (Å²) in [5.74, 6) is 5.38. The summed E-state index contributed by atoms with van der Waals surface area (Å²) in [6, 6.07) is 0. The lowest BCUT2D eigenvalue weighted by Crippen LogP contribution is -2.40. The molecule has 0 amide bonds. The number of nitro groups is 1. The number of morpholine rings is 1. The highest BCUT2D eigenvalue weighted by Gasteiger charge is 2.20. The molecule has 0 bridgehead atoms. The van der Waals surface area contributed by atoms with Crippen LogP contribution in [0.4, 0.5) is 17.5 Å². The Kier molecular flexibility index (Phi) is 3.82. The van der Waals surface area contributed by atoms with Crippen molar-refractivity contribution in [1.29, 1.82) is 0 Å². The van der Waals surface area contributed by atoms with Crippen LogP contribution in [0.5, 0.6) is 0 Å². The molecule has 4 N–H and O–H groups in total. The maximum Gasteiger partial charge on any atom is 0.330 e. The molecule has 10 heteroatoms. The number of rotatable bonds is 4. The first-order valence-electron chi connectivity index (χ1n) is 5.28. The number of hydrogen-bond donors (Lipinski definition) is 3. The van der Waals surface area contributed by atoms with Gasteiger partial charge in [-0.25, -0.2) is 15.8 Å². The monoisotopic (exact) mass is 255 g/mol. The Labute approximate surface area is 102 Å². The van der Waals surface area contributed by atoms with Crippen LogP contribution >= 0.6 is 0 Å². The normalized spacial score (nSPS) is 16.3. The predicted molar refractivity (Wildman–Crippen MR) is 62.5 cm³/mol. The first-order valence-corrected chi connectivity index (χ1v) is 5.28. The molecule has 0 aliphatic carbocycles. The van der Waals surface area contributed by atoms with E-state index in [0.29, 0.717) is 26.3 Å². The van der Waals surface area contributed by atoms with Crippen LogP contribution in [0.1, 0.15) is 0 Å². The molecular formula is C8H13N7O3. The Bertz CT molecular complexity index is 435. The van der Waals surface area contributed by atoms with Gasteiger partial charge in [0.2, 0.25) is 11.8 Å². The Morgan fingerprint density at radius 1 is 1.50 bits per heavy atom.